The third-order valence-electron chi connectivity index (χ3n) is 5.58. The minimum absolute atomic E-state index is 0.225. The summed E-state index contributed by atoms with van der Waals surface area (Å²) in [5.41, 5.74) is 11.8. The zero-order valence-corrected chi connectivity index (χ0v) is 16.9. The number of aryl methyl sites for hydroxylation is 2. The molecule has 0 aliphatic heterocycles. The summed E-state index contributed by atoms with van der Waals surface area (Å²) in [6, 6.07) is 28.0. The second kappa shape index (κ2) is 7.16. The average Bonchev–Trinajstić information content (AvgIpc) is 3.29. The van der Waals surface area contributed by atoms with Crippen LogP contribution in [-0.4, -0.2) is 16.2 Å². The molecule has 0 radical (unpaired) electrons. The van der Waals surface area contributed by atoms with Gasteiger partial charge < -0.3 is 4.57 Å². The van der Waals surface area contributed by atoms with Gasteiger partial charge in [-0.25, -0.2) is 5.43 Å². The lowest BCUT2D eigenvalue weighted by atomic mass is 10.1. The van der Waals surface area contributed by atoms with Crippen molar-refractivity contribution < 1.29 is 4.79 Å². The molecule has 1 N–H and O–H groups in total. The topological polar surface area (TPSA) is 46.4 Å². The summed E-state index contributed by atoms with van der Waals surface area (Å²) in [7, 11) is 0. The van der Waals surface area contributed by atoms with E-state index in [4.69, 9.17) is 0 Å². The van der Waals surface area contributed by atoms with E-state index in [0.29, 0.717) is 5.56 Å². The molecule has 0 atom stereocenters. The Kier molecular flexibility index (Phi) is 4.32. The number of carbonyl (C=O) groups excluding carboxylic acids is 1. The first kappa shape index (κ1) is 18.1. The van der Waals surface area contributed by atoms with Crippen LogP contribution in [0.4, 0.5) is 0 Å². The van der Waals surface area contributed by atoms with Gasteiger partial charge in [0.15, 0.2) is 0 Å². The fraction of sp³-hybridized carbons (Fsp3) is 0.0769. The molecule has 1 aromatic heterocycles. The minimum atomic E-state index is -0.225. The van der Waals surface area contributed by atoms with Crippen molar-refractivity contribution in [2.75, 3.05) is 0 Å². The van der Waals surface area contributed by atoms with E-state index in [0.717, 1.165) is 45.0 Å². The first-order valence-electron chi connectivity index (χ1n) is 9.96. The summed E-state index contributed by atoms with van der Waals surface area (Å²) < 4.78 is 2.16. The Balaban J connectivity index is 1.42. The predicted molar refractivity (Wildman–Crippen MR) is 120 cm³/mol. The van der Waals surface area contributed by atoms with Gasteiger partial charge in [0.25, 0.3) is 5.91 Å². The maximum absolute atomic E-state index is 12.7. The van der Waals surface area contributed by atoms with Crippen LogP contribution in [0.15, 0.2) is 90.0 Å². The van der Waals surface area contributed by atoms with Crippen molar-refractivity contribution in [2.45, 2.75) is 13.8 Å². The third kappa shape index (κ3) is 2.94. The summed E-state index contributed by atoms with van der Waals surface area (Å²) in [4.78, 5) is 12.7. The molecule has 0 fully saturated rings. The molecular weight excluding hydrogens is 370 g/mol. The van der Waals surface area contributed by atoms with E-state index in [2.05, 4.69) is 53.2 Å². The van der Waals surface area contributed by atoms with Gasteiger partial charge >= 0.3 is 0 Å². The van der Waals surface area contributed by atoms with Gasteiger partial charge in [0.1, 0.15) is 0 Å². The van der Waals surface area contributed by atoms with Crippen LogP contribution in [0.1, 0.15) is 32.9 Å². The Labute approximate surface area is 175 Å². The van der Waals surface area contributed by atoms with Crippen molar-refractivity contribution in [1.29, 1.82) is 0 Å². The standard InChI is InChI=1S/C26H21N3O/c1-17-11-12-18(2)29(17)20-15-13-19(14-16-20)26(30)28-27-25-23-9-5-3-7-21(23)22-8-4-6-10-24(22)25/h3-16H,1-2H3,(H,28,30). The molecule has 0 saturated heterocycles. The summed E-state index contributed by atoms with van der Waals surface area (Å²) in [5.74, 6) is -0.225. The molecule has 146 valence electrons. The Bertz CT molecular complexity index is 1230. The highest BCUT2D eigenvalue weighted by molar-refractivity contribution is 6.24. The summed E-state index contributed by atoms with van der Waals surface area (Å²) >= 11 is 0. The fourth-order valence-electron chi connectivity index (χ4n) is 4.12. The molecule has 4 aromatic rings. The van der Waals surface area contributed by atoms with Crippen molar-refractivity contribution in [2.24, 2.45) is 5.10 Å². The van der Waals surface area contributed by atoms with E-state index in [-0.39, 0.29) is 5.91 Å². The van der Waals surface area contributed by atoms with Crippen LogP contribution < -0.4 is 5.43 Å². The Morgan fingerprint density at radius 1 is 0.700 bits per heavy atom. The maximum atomic E-state index is 12.7. The van der Waals surface area contributed by atoms with Crippen LogP contribution in [0.25, 0.3) is 16.8 Å². The third-order valence-corrected chi connectivity index (χ3v) is 5.58. The fourth-order valence-corrected chi connectivity index (χ4v) is 4.12. The van der Waals surface area contributed by atoms with Crippen LogP contribution in [0.2, 0.25) is 0 Å². The van der Waals surface area contributed by atoms with Crippen molar-refractivity contribution in [3.8, 4) is 16.8 Å². The number of nitrogens with one attached hydrogen (secondary N) is 1. The number of aromatic nitrogens is 1. The number of benzene rings is 3. The molecule has 0 unspecified atom stereocenters. The number of hydrogen-bond donors (Lipinski definition) is 1. The smallest absolute Gasteiger partial charge is 0.271 e. The Hall–Kier alpha value is -3.92. The number of nitrogens with zero attached hydrogens (tertiary/aromatic N) is 2. The lowest BCUT2D eigenvalue weighted by Crippen LogP contribution is -2.20. The van der Waals surface area contributed by atoms with E-state index >= 15 is 0 Å². The highest BCUT2D eigenvalue weighted by Gasteiger charge is 2.24. The van der Waals surface area contributed by atoms with E-state index in [1.54, 1.807) is 0 Å². The number of hydrogen-bond acceptors (Lipinski definition) is 2. The molecule has 4 heteroatoms. The molecule has 1 heterocycles. The lowest BCUT2D eigenvalue weighted by Gasteiger charge is -2.10. The number of carbonyl (C=O) groups is 1. The molecule has 0 bridgehead atoms. The molecular formula is C26H21N3O. The summed E-state index contributed by atoms with van der Waals surface area (Å²) in [6.07, 6.45) is 0. The van der Waals surface area contributed by atoms with Crippen LogP contribution in [0.3, 0.4) is 0 Å². The molecule has 0 saturated carbocycles. The number of rotatable bonds is 3. The highest BCUT2D eigenvalue weighted by Crippen LogP contribution is 2.36. The normalized spacial score (nSPS) is 11.7. The van der Waals surface area contributed by atoms with Crippen LogP contribution in [0.5, 0.6) is 0 Å². The van der Waals surface area contributed by atoms with E-state index in [1.807, 2.05) is 60.7 Å². The number of amides is 1. The van der Waals surface area contributed by atoms with E-state index < -0.39 is 0 Å². The highest BCUT2D eigenvalue weighted by atomic mass is 16.2. The molecule has 0 spiro atoms. The van der Waals surface area contributed by atoms with Gasteiger partial charge in [0.2, 0.25) is 0 Å². The van der Waals surface area contributed by atoms with Gasteiger partial charge in [-0.05, 0) is 61.4 Å². The zero-order chi connectivity index (χ0) is 20.7. The SMILES string of the molecule is Cc1ccc(C)n1-c1ccc(C(=O)NN=C2c3ccccc3-c3ccccc32)cc1. The van der Waals surface area contributed by atoms with Crippen LogP contribution in [-0.2, 0) is 0 Å². The Morgan fingerprint density at radius 3 is 1.73 bits per heavy atom. The predicted octanol–water partition coefficient (Wildman–Crippen LogP) is 5.26. The minimum Gasteiger partial charge on any atom is -0.319 e. The van der Waals surface area contributed by atoms with Gasteiger partial charge in [-0.1, -0.05) is 48.5 Å². The molecule has 4 nitrogen and oxygen atoms in total. The van der Waals surface area contributed by atoms with Crippen molar-refractivity contribution >= 4 is 11.6 Å². The van der Waals surface area contributed by atoms with Gasteiger partial charge in [-0.15, -0.1) is 0 Å². The molecule has 3 aromatic carbocycles. The summed E-state index contributed by atoms with van der Waals surface area (Å²) in [5, 5.41) is 4.49. The second-order valence-corrected chi connectivity index (χ2v) is 7.49. The van der Waals surface area contributed by atoms with Crippen molar-refractivity contribution in [3.05, 3.63) is 113 Å². The van der Waals surface area contributed by atoms with Gasteiger partial charge in [0.05, 0.1) is 5.71 Å². The second-order valence-electron chi connectivity index (χ2n) is 7.49. The van der Waals surface area contributed by atoms with Gasteiger partial charge in [0, 0.05) is 33.8 Å². The number of fused-ring (bicyclic) bond motifs is 3. The maximum Gasteiger partial charge on any atom is 0.271 e. The zero-order valence-electron chi connectivity index (χ0n) is 16.9. The van der Waals surface area contributed by atoms with Crippen LogP contribution >= 0.6 is 0 Å². The summed E-state index contributed by atoms with van der Waals surface area (Å²) in [6.45, 7) is 4.14. The Morgan fingerprint density at radius 2 is 1.20 bits per heavy atom. The van der Waals surface area contributed by atoms with E-state index in [9.17, 15) is 4.79 Å². The largest absolute Gasteiger partial charge is 0.319 e. The van der Waals surface area contributed by atoms with Gasteiger partial charge in [-0.3, -0.25) is 4.79 Å². The van der Waals surface area contributed by atoms with Crippen molar-refractivity contribution in [1.82, 2.24) is 9.99 Å². The first-order valence-corrected chi connectivity index (χ1v) is 9.96. The molecule has 1 aliphatic carbocycles. The average molecular weight is 391 g/mol. The number of hydrazone groups is 1. The monoisotopic (exact) mass is 391 g/mol. The quantitative estimate of drug-likeness (QED) is 0.419. The molecule has 30 heavy (non-hydrogen) atoms. The van der Waals surface area contributed by atoms with Crippen LogP contribution in [0, 0.1) is 13.8 Å². The molecule has 1 aliphatic rings. The molecule has 1 amide bonds. The lowest BCUT2D eigenvalue weighted by molar-refractivity contribution is 0.0955. The van der Waals surface area contributed by atoms with Gasteiger partial charge in [-0.2, -0.15) is 5.10 Å². The van der Waals surface area contributed by atoms with E-state index in [1.165, 1.54) is 0 Å². The first-order chi connectivity index (χ1) is 14.6. The van der Waals surface area contributed by atoms with Crippen molar-refractivity contribution in [3.63, 3.8) is 0 Å². The molecule has 5 rings (SSSR count).